The van der Waals surface area contributed by atoms with E-state index in [1.807, 2.05) is 0 Å². The average molecular weight is 222 g/mol. The van der Waals surface area contributed by atoms with Crippen LogP contribution in [0.3, 0.4) is 0 Å². The largest absolute Gasteiger partial charge is 0.488 e. The minimum absolute atomic E-state index is 0.278. The van der Waals surface area contributed by atoms with Crippen LogP contribution in [0.1, 0.15) is 16.8 Å². The van der Waals surface area contributed by atoms with Gasteiger partial charge in [0.05, 0.1) is 13.2 Å². The Hall–Kier alpha value is -1.39. The Morgan fingerprint density at radius 3 is 2.56 bits per heavy atom. The van der Waals surface area contributed by atoms with Crippen LogP contribution in [-0.4, -0.2) is 32.4 Å². The lowest BCUT2D eigenvalue weighted by molar-refractivity contribution is -0.191. The second-order valence-electron chi connectivity index (χ2n) is 3.52. The molecule has 0 radical (unpaired) electrons. The number of carbonyl (C=O) groups is 1. The topological polar surface area (TPSA) is 44.8 Å². The number of benzene rings is 1. The molecule has 0 spiro atoms. The highest BCUT2D eigenvalue weighted by atomic mass is 16.7. The third kappa shape index (κ3) is 3.05. The molecule has 0 aromatic heterocycles. The highest BCUT2D eigenvalue weighted by molar-refractivity contribution is 5.74. The van der Waals surface area contributed by atoms with Gasteiger partial charge in [-0.15, -0.1) is 0 Å². The van der Waals surface area contributed by atoms with Crippen molar-refractivity contribution in [3.8, 4) is 5.75 Å². The lowest BCUT2D eigenvalue weighted by atomic mass is 10.2. The molecule has 1 aromatic carbocycles. The van der Waals surface area contributed by atoms with Gasteiger partial charge in [0.15, 0.2) is 6.29 Å². The molecule has 1 fully saturated rings. The monoisotopic (exact) mass is 222 g/mol. The predicted molar refractivity (Wildman–Crippen MR) is 57.6 cm³/mol. The van der Waals surface area contributed by atoms with E-state index < -0.39 is 0 Å². The van der Waals surface area contributed by atoms with E-state index in [1.54, 1.807) is 24.3 Å². The normalized spacial score (nSPS) is 17.0. The molecule has 2 rings (SSSR count). The summed E-state index contributed by atoms with van der Waals surface area (Å²) >= 11 is 0. The Labute approximate surface area is 94.1 Å². The summed E-state index contributed by atoms with van der Waals surface area (Å²) in [6, 6.07) is 6.94. The molecule has 16 heavy (non-hydrogen) atoms. The van der Waals surface area contributed by atoms with Gasteiger partial charge < -0.3 is 14.2 Å². The molecule has 1 aliphatic heterocycles. The zero-order valence-corrected chi connectivity index (χ0v) is 8.93. The van der Waals surface area contributed by atoms with Gasteiger partial charge in [0.2, 0.25) is 0 Å². The Morgan fingerprint density at radius 2 is 1.94 bits per heavy atom. The maximum absolute atomic E-state index is 10.4. The smallest absolute Gasteiger partial charge is 0.191 e. The molecule has 1 aliphatic rings. The molecule has 0 atom stereocenters. The van der Waals surface area contributed by atoms with Crippen LogP contribution in [0.2, 0.25) is 0 Å². The number of aldehydes is 1. The van der Waals surface area contributed by atoms with Gasteiger partial charge in [-0.1, -0.05) is 0 Å². The van der Waals surface area contributed by atoms with Crippen molar-refractivity contribution in [1.29, 1.82) is 0 Å². The summed E-state index contributed by atoms with van der Waals surface area (Å²) in [6.07, 6.45) is 1.46. The van der Waals surface area contributed by atoms with Gasteiger partial charge in [-0.2, -0.15) is 0 Å². The summed E-state index contributed by atoms with van der Waals surface area (Å²) in [5, 5.41) is 0. The van der Waals surface area contributed by atoms with Crippen molar-refractivity contribution in [2.75, 3.05) is 19.8 Å². The molecular formula is C12H14O4. The first-order chi connectivity index (χ1) is 7.88. The standard InChI is InChI=1S/C12H14O4/c13-8-10-2-4-11(5-3-10)16-9-12-14-6-1-7-15-12/h2-5,8,12H,1,6-7,9H2. The Kier molecular flexibility index (Phi) is 3.91. The Bertz CT molecular complexity index is 327. The number of hydrogen-bond acceptors (Lipinski definition) is 4. The zero-order valence-electron chi connectivity index (χ0n) is 8.93. The molecule has 1 saturated heterocycles. The van der Waals surface area contributed by atoms with Crippen molar-refractivity contribution < 1.29 is 19.0 Å². The van der Waals surface area contributed by atoms with Crippen molar-refractivity contribution >= 4 is 6.29 Å². The van der Waals surface area contributed by atoms with E-state index in [1.165, 1.54) is 0 Å². The molecule has 86 valence electrons. The van der Waals surface area contributed by atoms with E-state index >= 15 is 0 Å². The Balaban J connectivity index is 1.81. The van der Waals surface area contributed by atoms with Gasteiger partial charge in [0, 0.05) is 5.56 Å². The van der Waals surface area contributed by atoms with Gasteiger partial charge in [-0.3, -0.25) is 4.79 Å². The van der Waals surface area contributed by atoms with Crippen LogP contribution in [0.25, 0.3) is 0 Å². The molecule has 0 N–H and O–H groups in total. The van der Waals surface area contributed by atoms with Crippen LogP contribution in [0.4, 0.5) is 0 Å². The van der Waals surface area contributed by atoms with Crippen molar-refractivity contribution in [1.82, 2.24) is 0 Å². The molecule has 0 bridgehead atoms. The fourth-order valence-electron chi connectivity index (χ4n) is 1.44. The number of hydrogen-bond donors (Lipinski definition) is 0. The van der Waals surface area contributed by atoms with Gasteiger partial charge >= 0.3 is 0 Å². The van der Waals surface area contributed by atoms with Crippen LogP contribution < -0.4 is 4.74 Å². The summed E-state index contributed by atoms with van der Waals surface area (Å²) < 4.78 is 16.2. The maximum Gasteiger partial charge on any atom is 0.191 e. The molecule has 0 saturated carbocycles. The minimum atomic E-state index is -0.278. The molecule has 1 heterocycles. The van der Waals surface area contributed by atoms with Crippen molar-refractivity contribution in [2.45, 2.75) is 12.7 Å². The maximum atomic E-state index is 10.4. The number of carbonyl (C=O) groups excluding carboxylic acids is 1. The van der Waals surface area contributed by atoms with E-state index in [0.717, 1.165) is 25.9 Å². The number of ether oxygens (including phenoxy) is 3. The molecular weight excluding hydrogens is 208 g/mol. The summed E-state index contributed by atoms with van der Waals surface area (Å²) in [5.74, 6) is 0.711. The SMILES string of the molecule is O=Cc1ccc(OCC2OCCCO2)cc1. The fraction of sp³-hybridized carbons (Fsp3) is 0.417. The zero-order chi connectivity index (χ0) is 11.2. The average Bonchev–Trinajstić information content (AvgIpc) is 2.38. The fourth-order valence-corrected chi connectivity index (χ4v) is 1.44. The van der Waals surface area contributed by atoms with Crippen molar-refractivity contribution in [3.05, 3.63) is 29.8 Å². The van der Waals surface area contributed by atoms with Crippen LogP contribution in [-0.2, 0) is 9.47 Å². The molecule has 0 amide bonds. The summed E-state index contributed by atoms with van der Waals surface area (Å²) in [7, 11) is 0. The lowest BCUT2D eigenvalue weighted by Crippen LogP contribution is -2.30. The van der Waals surface area contributed by atoms with Gasteiger partial charge in [-0.25, -0.2) is 0 Å². The molecule has 0 unspecified atom stereocenters. The van der Waals surface area contributed by atoms with Crippen molar-refractivity contribution in [2.24, 2.45) is 0 Å². The first-order valence-corrected chi connectivity index (χ1v) is 5.30. The third-order valence-corrected chi connectivity index (χ3v) is 2.30. The van der Waals surface area contributed by atoms with Crippen LogP contribution >= 0.6 is 0 Å². The van der Waals surface area contributed by atoms with E-state index in [9.17, 15) is 4.79 Å². The second kappa shape index (κ2) is 5.63. The van der Waals surface area contributed by atoms with E-state index in [4.69, 9.17) is 14.2 Å². The van der Waals surface area contributed by atoms with Crippen molar-refractivity contribution in [3.63, 3.8) is 0 Å². The first kappa shape index (κ1) is 11.1. The molecule has 4 nitrogen and oxygen atoms in total. The third-order valence-electron chi connectivity index (χ3n) is 2.30. The Morgan fingerprint density at radius 1 is 1.25 bits per heavy atom. The van der Waals surface area contributed by atoms with Gasteiger partial charge in [0.1, 0.15) is 18.6 Å². The van der Waals surface area contributed by atoms with E-state index in [2.05, 4.69) is 0 Å². The first-order valence-electron chi connectivity index (χ1n) is 5.30. The molecule has 0 aliphatic carbocycles. The van der Waals surface area contributed by atoms with Crippen LogP contribution in [0, 0.1) is 0 Å². The predicted octanol–water partition coefficient (Wildman–Crippen LogP) is 1.64. The summed E-state index contributed by atoms with van der Waals surface area (Å²) in [5.41, 5.74) is 0.637. The summed E-state index contributed by atoms with van der Waals surface area (Å²) in [4.78, 5) is 10.4. The minimum Gasteiger partial charge on any atom is -0.488 e. The van der Waals surface area contributed by atoms with E-state index in [0.29, 0.717) is 17.9 Å². The van der Waals surface area contributed by atoms with Gasteiger partial charge in [-0.05, 0) is 30.7 Å². The van der Waals surface area contributed by atoms with E-state index in [-0.39, 0.29) is 6.29 Å². The summed E-state index contributed by atoms with van der Waals surface area (Å²) in [6.45, 7) is 1.82. The quantitative estimate of drug-likeness (QED) is 0.726. The highest BCUT2D eigenvalue weighted by Crippen LogP contribution is 2.13. The van der Waals surface area contributed by atoms with Crippen LogP contribution in [0.5, 0.6) is 5.75 Å². The lowest BCUT2D eigenvalue weighted by Gasteiger charge is -2.23. The second-order valence-corrected chi connectivity index (χ2v) is 3.52. The molecule has 1 aromatic rings. The van der Waals surface area contributed by atoms with Crippen LogP contribution in [0.15, 0.2) is 24.3 Å². The molecule has 4 heteroatoms. The number of rotatable bonds is 4. The van der Waals surface area contributed by atoms with Gasteiger partial charge in [0.25, 0.3) is 0 Å². The highest BCUT2D eigenvalue weighted by Gasteiger charge is 2.14.